The first-order valence-corrected chi connectivity index (χ1v) is 11.5. The third kappa shape index (κ3) is 6.93. The maximum atomic E-state index is 15.0. The van der Waals surface area contributed by atoms with Gasteiger partial charge in [-0.25, -0.2) is 19.2 Å². The second kappa shape index (κ2) is 10.7. The number of hydrogen-bond acceptors (Lipinski definition) is 8. The third-order valence-electron chi connectivity index (χ3n) is 5.69. The Morgan fingerprint density at radius 3 is 2.51 bits per heavy atom. The van der Waals surface area contributed by atoms with Gasteiger partial charge in [-0.05, 0) is 58.6 Å². The molecule has 1 fully saturated rings. The van der Waals surface area contributed by atoms with Gasteiger partial charge in [-0.1, -0.05) is 6.42 Å². The van der Waals surface area contributed by atoms with Crippen molar-refractivity contribution in [3.8, 4) is 5.88 Å². The number of carbonyl (C=O) groups excluding carboxylic acids is 2. The van der Waals surface area contributed by atoms with E-state index in [1.54, 1.807) is 32.9 Å². The number of nitrogens with zero attached hydrogens (tertiary/aromatic N) is 2. The fourth-order valence-corrected chi connectivity index (χ4v) is 3.80. The molecule has 0 saturated heterocycles. The van der Waals surface area contributed by atoms with Crippen LogP contribution in [0.4, 0.5) is 26.5 Å². The number of anilines is 3. The summed E-state index contributed by atoms with van der Waals surface area (Å²) >= 11 is 0. The van der Waals surface area contributed by atoms with Crippen molar-refractivity contribution < 1.29 is 23.5 Å². The van der Waals surface area contributed by atoms with Crippen molar-refractivity contribution >= 4 is 29.3 Å². The highest BCUT2D eigenvalue weighted by Crippen LogP contribution is 2.34. The van der Waals surface area contributed by atoms with Crippen LogP contribution in [0.25, 0.3) is 0 Å². The highest BCUT2D eigenvalue weighted by atomic mass is 19.1. The van der Waals surface area contributed by atoms with E-state index in [0.29, 0.717) is 11.6 Å². The lowest BCUT2D eigenvalue weighted by Gasteiger charge is -2.38. The average molecular weight is 489 g/mol. The Balaban J connectivity index is 1.87. The predicted molar refractivity (Wildman–Crippen MR) is 130 cm³/mol. The molecule has 11 heteroatoms. The minimum absolute atomic E-state index is 0.0618. The van der Waals surface area contributed by atoms with E-state index in [2.05, 4.69) is 25.9 Å². The molecule has 1 saturated carbocycles. The molecule has 0 radical (unpaired) electrons. The van der Waals surface area contributed by atoms with E-state index in [-0.39, 0.29) is 35.2 Å². The molecule has 0 unspecified atom stereocenters. The fourth-order valence-electron chi connectivity index (χ4n) is 3.80. The Morgan fingerprint density at radius 1 is 1.23 bits per heavy atom. The van der Waals surface area contributed by atoms with E-state index < -0.39 is 23.4 Å². The van der Waals surface area contributed by atoms with Crippen molar-refractivity contribution in [2.75, 3.05) is 17.7 Å². The van der Waals surface area contributed by atoms with Crippen LogP contribution in [0.2, 0.25) is 0 Å². The summed E-state index contributed by atoms with van der Waals surface area (Å²) in [6.07, 6.45) is 3.88. The van der Waals surface area contributed by atoms with Gasteiger partial charge in [-0.2, -0.15) is 0 Å². The number of alkyl carbamates (subject to hydrolysis) is 1. The van der Waals surface area contributed by atoms with Crippen molar-refractivity contribution in [1.29, 1.82) is 0 Å². The summed E-state index contributed by atoms with van der Waals surface area (Å²) in [4.78, 5) is 32.7. The minimum atomic E-state index is -0.832. The summed E-state index contributed by atoms with van der Waals surface area (Å²) in [5, 5.41) is 8.97. The van der Waals surface area contributed by atoms with E-state index in [1.807, 2.05) is 6.92 Å². The van der Waals surface area contributed by atoms with Gasteiger partial charge in [0.05, 0.1) is 18.7 Å². The standard InChI is InChI=1S/C24H33FN6O4/c1-13(28-23(33)35-24(2,3)4)19(14-7-6-8-14)30-22-17(25)12-16(20(26)32)21(31-22)29-15-9-10-27-18(11-15)34-5/h9-14,19H,6-8H2,1-5H3,(H2,26,32)(H,28,33)(H2,27,29,30,31)/t13-,19-/m0/s1. The minimum Gasteiger partial charge on any atom is -0.481 e. The molecular weight excluding hydrogens is 455 g/mol. The predicted octanol–water partition coefficient (Wildman–Crippen LogP) is 3.96. The Bertz CT molecular complexity index is 1070. The molecule has 5 N–H and O–H groups in total. The van der Waals surface area contributed by atoms with Crippen LogP contribution in [0.3, 0.4) is 0 Å². The molecule has 1 aliphatic carbocycles. The number of amides is 2. The van der Waals surface area contributed by atoms with Gasteiger partial charge >= 0.3 is 6.09 Å². The van der Waals surface area contributed by atoms with Gasteiger partial charge in [-0.3, -0.25) is 4.79 Å². The van der Waals surface area contributed by atoms with Crippen molar-refractivity contribution in [1.82, 2.24) is 15.3 Å². The first-order valence-electron chi connectivity index (χ1n) is 11.5. The van der Waals surface area contributed by atoms with E-state index in [4.69, 9.17) is 15.2 Å². The molecule has 2 aromatic rings. The maximum Gasteiger partial charge on any atom is 0.407 e. The van der Waals surface area contributed by atoms with Crippen molar-refractivity contribution in [2.24, 2.45) is 11.7 Å². The first-order chi connectivity index (χ1) is 16.5. The lowest BCUT2D eigenvalue weighted by molar-refractivity contribution is 0.0492. The average Bonchev–Trinajstić information content (AvgIpc) is 2.72. The summed E-state index contributed by atoms with van der Waals surface area (Å²) in [6.45, 7) is 7.18. The van der Waals surface area contributed by atoms with E-state index >= 15 is 4.39 Å². The van der Waals surface area contributed by atoms with Crippen LogP contribution in [-0.2, 0) is 4.74 Å². The van der Waals surface area contributed by atoms with Gasteiger partial charge in [0.25, 0.3) is 5.91 Å². The van der Waals surface area contributed by atoms with E-state index in [1.165, 1.54) is 13.3 Å². The zero-order valence-electron chi connectivity index (χ0n) is 20.6. The summed E-state index contributed by atoms with van der Waals surface area (Å²) in [5.74, 6) is -0.989. The summed E-state index contributed by atoms with van der Waals surface area (Å²) < 4.78 is 25.5. The molecule has 35 heavy (non-hydrogen) atoms. The summed E-state index contributed by atoms with van der Waals surface area (Å²) in [6, 6.07) is 3.60. The second-order valence-electron chi connectivity index (χ2n) is 9.59. The topological polar surface area (TPSA) is 140 Å². The molecule has 0 bridgehead atoms. The molecule has 0 spiro atoms. The Hall–Kier alpha value is -3.63. The quantitative estimate of drug-likeness (QED) is 0.416. The maximum absolute atomic E-state index is 15.0. The molecule has 10 nitrogen and oxygen atoms in total. The number of pyridine rings is 2. The van der Waals surface area contributed by atoms with Crippen LogP contribution >= 0.6 is 0 Å². The molecule has 190 valence electrons. The zero-order chi connectivity index (χ0) is 25.8. The van der Waals surface area contributed by atoms with Crippen LogP contribution in [0.1, 0.15) is 57.3 Å². The lowest BCUT2D eigenvalue weighted by atomic mass is 9.77. The second-order valence-corrected chi connectivity index (χ2v) is 9.59. The summed E-state index contributed by atoms with van der Waals surface area (Å²) in [5.41, 5.74) is 5.25. The number of halogens is 1. The first kappa shape index (κ1) is 26.0. The van der Waals surface area contributed by atoms with Gasteiger partial charge in [0.15, 0.2) is 11.6 Å². The Labute approximate surface area is 204 Å². The van der Waals surface area contributed by atoms with Gasteiger partial charge in [0, 0.05) is 24.0 Å². The van der Waals surface area contributed by atoms with Gasteiger partial charge in [0.1, 0.15) is 11.4 Å². The SMILES string of the molecule is COc1cc(Nc2nc(N[C@H](C3CCC3)[C@H](C)NC(=O)OC(C)(C)C)c(F)cc2C(N)=O)ccn1. The van der Waals surface area contributed by atoms with E-state index in [0.717, 1.165) is 25.3 Å². The van der Waals surface area contributed by atoms with E-state index in [9.17, 15) is 9.59 Å². The molecule has 2 aromatic heterocycles. The van der Waals surface area contributed by atoms with Crippen LogP contribution in [0.5, 0.6) is 5.88 Å². The monoisotopic (exact) mass is 488 g/mol. The number of methoxy groups -OCH3 is 1. The fraction of sp³-hybridized carbons (Fsp3) is 0.500. The van der Waals surface area contributed by atoms with Crippen LogP contribution in [0, 0.1) is 11.7 Å². The lowest BCUT2D eigenvalue weighted by Crippen LogP contribution is -2.51. The molecule has 1 aliphatic rings. The molecule has 0 aliphatic heterocycles. The molecule has 2 atom stereocenters. The number of carbonyl (C=O) groups is 2. The number of nitrogens with two attached hydrogens (primary N) is 1. The smallest absolute Gasteiger partial charge is 0.407 e. The van der Waals surface area contributed by atoms with Gasteiger partial charge in [0.2, 0.25) is 5.88 Å². The highest BCUT2D eigenvalue weighted by molar-refractivity contribution is 5.98. The number of nitrogens with one attached hydrogen (secondary N) is 3. The zero-order valence-corrected chi connectivity index (χ0v) is 20.6. The Kier molecular flexibility index (Phi) is 7.98. The number of aromatic nitrogens is 2. The number of rotatable bonds is 9. The molecule has 3 rings (SSSR count). The van der Waals surface area contributed by atoms with Crippen molar-refractivity contribution in [3.05, 3.63) is 35.8 Å². The number of hydrogen-bond donors (Lipinski definition) is 4. The third-order valence-corrected chi connectivity index (χ3v) is 5.69. The Morgan fingerprint density at radius 2 is 1.94 bits per heavy atom. The van der Waals surface area contributed by atoms with Crippen LogP contribution in [-0.4, -0.2) is 46.8 Å². The van der Waals surface area contributed by atoms with Crippen molar-refractivity contribution in [3.63, 3.8) is 0 Å². The number of primary amides is 1. The van der Waals surface area contributed by atoms with Crippen LogP contribution in [0.15, 0.2) is 24.4 Å². The largest absolute Gasteiger partial charge is 0.481 e. The number of ether oxygens (including phenoxy) is 2. The molecule has 2 heterocycles. The highest BCUT2D eigenvalue weighted by Gasteiger charge is 2.34. The molecule has 0 aromatic carbocycles. The van der Waals surface area contributed by atoms with Crippen molar-refractivity contribution in [2.45, 2.75) is 64.6 Å². The summed E-state index contributed by atoms with van der Waals surface area (Å²) in [7, 11) is 1.48. The normalized spacial score (nSPS) is 15.4. The van der Waals surface area contributed by atoms with Crippen LogP contribution < -0.4 is 26.4 Å². The van der Waals surface area contributed by atoms with Gasteiger partial charge < -0.3 is 31.2 Å². The molecule has 2 amide bonds. The van der Waals surface area contributed by atoms with Gasteiger partial charge in [-0.15, -0.1) is 0 Å². The molecular formula is C24H33FN6O4.